The van der Waals surface area contributed by atoms with E-state index in [9.17, 15) is 4.79 Å². The number of nitrogens with zero attached hydrogens (tertiary/aromatic N) is 2. The molecule has 7 heteroatoms. The Bertz CT molecular complexity index is 1140. The normalized spacial score (nSPS) is 10.6. The number of ether oxygens (including phenoxy) is 1. The van der Waals surface area contributed by atoms with E-state index in [0.29, 0.717) is 29.0 Å². The van der Waals surface area contributed by atoms with Crippen LogP contribution >= 0.6 is 11.8 Å². The van der Waals surface area contributed by atoms with Crippen LogP contribution in [-0.4, -0.2) is 22.7 Å². The number of aromatic nitrogens is 2. The maximum atomic E-state index is 12.4. The first-order valence-electron chi connectivity index (χ1n) is 9.76. The fraction of sp³-hybridized carbons (Fsp3) is 0.125. The van der Waals surface area contributed by atoms with Crippen LogP contribution in [0.1, 0.15) is 11.5 Å². The number of carbonyl (C=O) groups excluding carboxylic acids is 1. The lowest BCUT2D eigenvalue weighted by atomic mass is 10.2. The summed E-state index contributed by atoms with van der Waals surface area (Å²) in [5.41, 5.74) is 2.74. The van der Waals surface area contributed by atoms with Gasteiger partial charge in [0.05, 0.1) is 11.4 Å². The molecular weight excluding hydrogens is 410 g/mol. The molecule has 31 heavy (non-hydrogen) atoms. The van der Waals surface area contributed by atoms with Gasteiger partial charge in [-0.25, -0.2) is 0 Å². The van der Waals surface area contributed by atoms with Gasteiger partial charge in [-0.05, 0) is 43.3 Å². The van der Waals surface area contributed by atoms with Gasteiger partial charge in [0.2, 0.25) is 11.8 Å². The van der Waals surface area contributed by atoms with E-state index in [2.05, 4.69) is 15.5 Å². The van der Waals surface area contributed by atoms with Gasteiger partial charge < -0.3 is 14.5 Å². The van der Waals surface area contributed by atoms with Gasteiger partial charge in [0.15, 0.2) is 6.61 Å². The number of anilines is 1. The van der Waals surface area contributed by atoms with Crippen LogP contribution in [0.5, 0.6) is 5.75 Å². The van der Waals surface area contributed by atoms with Gasteiger partial charge >= 0.3 is 0 Å². The topological polar surface area (TPSA) is 77.2 Å². The molecule has 6 nitrogen and oxygen atoms in total. The van der Waals surface area contributed by atoms with Crippen molar-refractivity contribution in [2.75, 3.05) is 11.9 Å². The van der Waals surface area contributed by atoms with Crippen molar-refractivity contribution in [1.29, 1.82) is 0 Å². The molecule has 0 aliphatic carbocycles. The third-order valence-corrected chi connectivity index (χ3v) is 5.45. The van der Waals surface area contributed by atoms with E-state index >= 15 is 0 Å². The summed E-state index contributed by atoms with van der Waals surface area (Å²) in [7, 11) is 0. The van der Waals surface area contributed by atoms with Gasteiger partial charge in [0, 0.05) is 10.5 Å². The van der Waals surface area contributed by atoms with Gasteiger partial charge in [-0.2, -0.15) is 0 Å². The van der Waals surface area contributed by atoms with Crippen molar-refractivity contribution in [2.24, 2.45) is 0 Å². The third kappa shape index (κ3) is 5.73. The SMILES string of the molecule is Cc1ccc(OCC(=O)Nc2ccccc2SCc2nnc(-c3ccccc3)o2)cc1. The van der Waals surface area contributed by atoms with Crippen molar-refractivity contribution in [1.82, 2.24) is 10.2 Å². The molecular formula is C24H21N3O3S. The molecule has 1 aromatic heterocycles. The van der Waals surface area contributed by atoms with E-state index in [0.717, 1.165) is 16.0 Å². The number of thioether (sulfide) groups is 1. The molecule has 0 unspecified atom stereocenters. The molecule has 0 radical (unpaired) electrons. The van der Waals surface area contributed by atoms with Crippen LogP contribution < -0.4 is 10.1 Å². The Labute approximate surface area is 184 Å². The zero-order valence-electron chi connectivity index (χ0n) is 16.9. The highest BCUT2D eigenvalue weighted by atomic mass is 32.2. The van der Waals surface area contributed by atoms with E-state index in [4.69, 9.17) is 9.15 Å². The fourth-order valence-corrected chi connectivity index (χ4v) is 3.66. The Morgan fingerprint density at radius 2 is 1.71 bits per heavy atom. The average Bonchev–Trinajstić information content (AvgIpc) is 3.28. The largest absolute Gasteiger partial charge is 0.484 e. The number of hydrogen-bond donors (Lipinski definition) is 1. The van der Waals surface area contributed by atoms with Crippen LogP contribution in [0.2, 0.25) is 0 Å². The summed E-state index contributed by atoms with van der Waals surface area (Å²) in [5, 5.41) is 11.1. The molecule has 0 saturated carbocycles. The Kier molecular flexibility index (Phi) is 6.64. The molecule has 0 atom stereocenters. The molecule has 1 heterocycles. The highest BCUT2D eigenvalue weighted by Gasteiger charge is 2.12. The molecule has 4 aromatic rings. The van der Waals surface area contributed by atoms with Crippen molar-refractivity contribution < 1.29 is 13.9 Å². The van der Waals surface area contributed by atoms with Crippen molar-refractivity contribution >= 4 is 23.4 Å². The molecule has 0 fully saturated rings. The molecule has 156 valence electrons. The van der Waals surface area contributed by atoms with Crippen LogP contribution in [0, 0.1) is 6.92 Å². The van der Waals surface area contributed by atoms with Crippen molar-refractivity contribution in [3.63, 3.8) is 0 Å². The van der Waals surface area contributed by atoms with Crippen molar-refractivity contribution in [3.8, 4) is 17.2 Å². The predicted molar refractivity (Wildman–Crippen MR) is 121 cm³/mol. The van der Waals surface area contributed by atoms with Crippen LogP contribution in [0.3, 0.4) is 0 Å². The lowest BCUT2D eigenvalue weighted by Gasteiger charge is -2.11. The van der Waals surface area contributed by atoms with Gasteiger partial charge in [-0.3, -0.25) is 4.79 Å². The second-order valence-electron chi connectivity index (χ2n) is 6.80. The number of rotatable bonds is 8. The molecule has 0 saturated heterocycles. The zero-order valence-corrected chi connectivity index (χ0v) is 17.8. The van der Waals surface area contributed by atoms with Crippen LogP contribution in [0.15, 0.2) is 88.2 Å². The standard InChI is InChI=1S/C24H21N3O3S/c1-17-11-13-19(14-12-17)29-15-22(28)25-20-9-5-6-10-21(20)31-16-23-26-27-24(30-23)18-7-3-2-4-8-18/h2-14H,15-16H2,1H3,(H,25,28). The van der Waals surface area contributed by atoms with E-state index in [-0.39, 0.29) is 12.5 Å². The first-order valence-corrected chi connectivity index (χ1v) is 10.7. The highest BCUT2D eigenvalue weighted by molar-refractivity contribution is 7.98. The number of carbonyl (C=O) groups is 1. The van der Waals surface area contributed by atoms with Crippen LogP contribution in [0.25, 0.3) is 11.5 Å². The molecule has 0 spiro atoms. The smallest absolute Gasteiger partial charge is 0.262 e. The summed E-state index contributed by atoms with van der Waals surface area (Å²) in [6.07, 6.45) is 0. The number of benzene rings is 3. The lowest BCUT2D eigenvalue weighted by Crippen LogP contribution is -2.20. The predicted octanol–water partition coefficient (Wildman–Crippen LogP) is 5.35. The third-order valence-electron chi connectivity index (χ3n) is 4.39. The van der Waals surface area contributed by atoms with Crippen molar-refractivity contribution in [2.45, 2.75) is 17.6 Å². The summed E-state index contributed by atoms with van der Waals surface area (Å²) in [4.78, 5) is 13.3. The Balaban J connectivity index is 1.34. The molecule has 1 N–H and O–H groups in total. The Hall–Kier alpha value is -3.58. The van der Waals surface area contributed by atoms with E-state index in [1.54, 1.807) is 0 Å². The second kappa shape index (κ2) is 9.95. The fourth-order valence-electron chi connectivity index (χ4n) is 2.81. The summed E-state index contributed by atoms with van der Waals surface area (Å²) in [6.45, 7) is 1.94. The van der Waals surface area contributed by atoms with Gasteiger partial charge in [0.25, 0.3) is 5.91 Å². The van der Waals surface area contributed by atoms with E-state index in [1.165, 1.54) is 11.8 Å². The second-order valence-corrected chi connectivity index (χ2v) is 7.82. The molecule has 0 aliphatic heterocycles. The summed E-state index contributed by atoms with van der Waals surface area (Å²) in [5.74, 6) is 1.94. The minimum absolute atomic E-state index is 0.0633. The first-order chi connectivity index (χ1) is 15.2. The molecule has 0 aliphatic rings. The van der Waals surface area contributed by atoms with E-state index in [1.807, 2.05) is 85.8 Å². The summed E-state index contributed by atoms with van der Waals surface area (Å²) < 4.78 is 11.3. The Morgan fingerprint density at radius 3 is 2.52 bits per heavy atom. The number of hydrogen-bond acceptors (Lipinski definition) is 6. The molecule has 4 rings (SSSR count). The zero-order chi connectivity index (χ0) is 21.5. The summed E-state index contributed by atoms with van der Waals surface area (Å²) in [6, 6.07) is 24.8. The lowest BCUT2D eigenvalue weighted by molar-refractivity contribution is -0.118. The van der Waals surface area contributed by atoms with Gasteiger partial charge in [0.1, 0.15) is 5.75 Å². The molecule has 3 aromatic carbocycles. The first kappa shape index (κ1) is 20.7. The van der Waals surface area contributed by atoms with Crippen molar-refractivity contribution in [3.05, 3.63) is 90.3 Å². The maximum Gasteiger partial charge on any atom is 0.262 e. The molecule has 1 amide bonds. The van der Waals surface area contributed by atoms with Crippen LogP contribution in [0.4, 0.5) is 5.69 Å². The number of nitrogens with one attached hydrogen (secondary N) is 1. The number of amides is 1. The number of aryl methyl sites for hydroxylation is 1. The van der Waals surface area contributed by atoms with Crippen LogP contribution in [-0.2, 0) is 10.5 Å². The van der Waals surface area contributed by atoms with Gasteiger partial charge in [-0.15, -0.1) is 22.0 Å². The monoisotopic (exact) mass is 431 g/mol. The quantitative estimate of drug-likeness (QED) is 0.379. The highest BCUT2D eigenvalue weighted by Crippen LogP contribution is 2.30. The molecule has 0 bridgehead atoms. The minimum atomic E-state index is -0.224. The van der Waals surface area contributed by atoms with E-state index < -0.39 is 0 Å². The minimum Gasteiger partial charge on any atom is -0.484 e. The van der Waals surface area contributed by atoms with Gasteiger partial charge in [-0.1, -0.05) is 48.0 Å². The number of para-hydroxylation sites is 1. The Morgan fingerprint density at radius 1 is 0.968 bits per heavy atom. The maximum absolute atomic E-state index is 12.4. The summed E-state index contributed by atoms with van der Waals surface area (Å²) >= 11 is 1.51. The average molecular weight is 432 g/mol.